The highest BCUT2D eigenvalue weighted by atomic mass is 14.9. The summed E-state index contributed by atoms with van der Waals surface area (Å²) in [5, 5.41) is 3.25. The van der Waals surface area contributed by atoms with Crippen molar-refractivity contribution in [1.82, 2.24) is 5.32 Å². The Hall–Kier alpha value is -1.77. The van der Waals surface area contributed by atoms with E-state index in [1.54, 1.807) is 6.08 Å². The van der Waals surface area contributed by atoms with Crippen LogP contribution in [0.4, 0.5) is 0 Å². The molecule has 0 aromatic heterocycles. The number of hydrogen-bond donors (Lipinski definition) is 2. The van der Waals surface area contributed by atoms with Crippen LogP contribution in [0.15, 0.2) is 53.0 Å². The molecule has 0 rings (SSSR count). The van der Waals surface area contributed by atoms with Crippen molar-refractivity contribution in [3.05, 3.63) is 48.0 Å². The number of hydrogen-bond acceptors (Lipinski definition) is 3. The number of rotatable bonds is 7. The Morgan fingerprint density at radius 3 is 2.15 bits per heavy atom. The fourth-order valence-corrected chi connectivity index (χ4v) is 1.07. The highest BCUT2D eigenvalue weighted by Gasteiger charge is 1.98. The molecule has 20 heavy (non-hydrogen) atoms. The van der Waals surface area contributed by atoms with Crippen molar-refractivity contribution in [3.63, 3.8) is 0 Å². The Bertz CT molecular complexity index is 323. The molecule has 0 aliphatic carbocycles. The molecule has 3 N–H and O–H groups in total. The summed E-state index contributed by atoms with van der Waals surface area (Å²) in [6, 6.07) is 0. The summed E-state index contributed by atoms with van der Waals surface area (Å²) in [4.78, 5) is 3.68. The van der Waals surface area contributed by atoms with Crippen LogP contribution in [0.3, 0.4) is 0 Å². The van der Waals surface area contributed by atoms with E-state index in [0.717, 1.165) is 17.7 Å². The predicted molar refractivity (Wildman–Crippen MR) is 94.8 cm³/mol. The Morgan fingerprint density at radius 2 is 1.80 bits per heavy atom. The van der Waals surface area contributed by atoms with Gasteiger partial charge in [0.15, 0.2) is 0 Å². The van der Waals surface area contributed by atoms with Crippen LogP contribution >= 0.6 is 0 Å². The number of allylic oxidation sites excluding steroid dienone is 3. The molecule has 0 aliphatic heterocycles. The van der Waals surface area contributed by atoms with Crippen molar-refractivity contribution in [1.29, 1.82) is 0 Å². The molecule has 0 aromatic rings. The van der Waals surface area contributed by atoms with Crippen molar-refractivity contribution >= 4 is 6.72 Å². The summed E-state index contributed by atoms with van der Waals surface area (Å²) in [5.74, 6) is 0.414. The highest BCUT2D eigenvalue weighted by Crippen LogP contribution is 2.02. The maximum absolute atomic E-state index is 5.66. The van der Waals surface area contributed by atoms with Crippen molar-refractivity contribution in [3.8, 4) is 0 Å². The van der Waals surface area contributed by atoms with E-state index in [9.17, 15) is 0 Å². The van der Waals surface area contributed by atoms with E-state index >= 15 is 0 Å². The van der Waals surface area contributed by atoms with Gasteiger partial charge in [-0.05, 0) is 26.1 Å². The third-order valence-corrected chi connectivity index (χ3v) is 2.07. The number of nitrogens with one attached hydrogen (secondary N) is 1. The molecule has 0 atom stereocenters. The van der Waals surface area contributed by atoms with Gasteiger partial charge in [-0.15, -0.1) is 0 Å². The molecule has 0 radical (unpaired) electrons. The minimum atomic E-state index is 0.414. The van der Waals surface area contributed by atoms with Gasteiger partial charge in [0.05, 0.1) is 0 Å². The molecule has 0 saturated carbocycles. The van der Waals surface area contributed by atoms with Gasteiger partial charge in [0.25, 0.3) is 0 Å². The van der Waals surface area contributed by atoms with Gasteiger partial charge < -0.3 is 11.1 Å². The quantitative estimate of drug-likeness (QED) is 0.530. The summed E-state index contributed by atoms with van der Waals surface area (Å²) < 4.78 is 0. The van der Waals surface area contributed by atoms with Gasteiger partial charge in [0.1, 0.15) is 5.82 Å². The van der Waals surface area contributed by atoms with Gasteiger partial charge in [0, 0.05) is 17.8 Å². The van der Waals surface area contributed by atoms with Crippen LogP contribution in [0.1, 0.15) is 48.0 Å². The average molecular weight is 279 g/mol. The van der Waals surface area contributed by atoms with Crippen LogP contribution in [-0.4, -0.2) is 13.3 Å². The van der Waals surface area contributed by atoms with Gasteiger partial charge in [-0.25, -0.2) is 4.99 Å². The first-order valence-electron chi connectivity index (χ1n) is 7.34. The van der Waals surface area contributed by atoms with Crippen LogP contribution in [-0.2, 0) is 0 Å². The van der Waals surface area contributed by atoms with E-state index in [0.29, 0.717) is 12.4 Å². The number of nitrogens with zero attached hydrogens (tertiary/aromatic N) is 1. The maximum atomic E-state index is 5.66. The molecule has 0 heterocycles. The number of aliphatic imine (C=N–C) groups is 1. The van der Waals surface area contributed by atoms with Crippen LogP contribution in [0, 0.1) is 0 Å². The molecule has 0 aliphatic rings. The lowest BCUT2D eigenvalue weighted by Crippen LogP contribution is -2.17. The fourth-order valence-electron chi connectivity index (χ4n) is 1.07. The maximum Gasteiger partial charge on any atom is 0.127 e. The molecule has 0 saturated heterocycles. The normalized spacial score (nSPS) is 11.4. The van der Waals surface area contributed by atoms with E-state index in [2.05, 4.69) is 36.6 Å². The molecular formula is C17H33N3. The van der Waals surface area contributed by atoms with Gasteiger partial charge in [-0.1, -0.05) is 59.4 Å². The van der Waals surface area contributed by atoms with Crippen LogP contribution < -0.4 is 11.1 Å². The highest BCUT2D eigenvalue weighted by molar-refractivity contribution is 5.33. The number of nitrogens with two attached hydrogens (primary N) is 1. The molecule has 116 valence electrons. The van der Waals surface area contributed by atoms with Gasteiger partial charge >= 0.3 is 0 Å². The van der Waals surface area contributed by atoms with Crippen molar-refractivity contribution in [2.45, 2.75) is 48.0 Å². The predicted octanol–water partition coefficient (Wildman–Crippen LogP) is 4.56. The lowest BCUT2D eigenvalue weighted by Gasteiger charge is -2.08. The smallest absolute Gasteiger partial charge is 0.127 e. The molecular weight excluding hydrogens is 246 g/mol. The minimum absolute atomic E-state index is 0.414. The van der Waals surface area contributed by atoms with E-state index in [-0.39, 0.29) is 0 Å². The largest absolute Gasteiger partial charge is 0.383 e. The second-order valence-corrected chi connectivity index (χ2v) is 3.18. The first kappa shape index (κ1) is 23.3. The summed E-state index contributed by atoms with van der Waals surface area (Å²) >= 11 is 0. The molecule has 0 spiro atoms. The van der Waals surface area contributed by atoms with Gasteiger partial charge in [-0.3, -0.25) is 0 Å². The Balaban J connectivity index is -0.000000656. The summed E-state index contributed by atoms with van der Waals surface area (Å²) in [7, 11) is 0. The molecule has 0 aromatic carbocycles. The minimum Gasteiger partial charge on any atom is -0.383 e. The summed E-state index contributed by atoms with van der Waals surface area (Å²) in [6.07, 6.45) is 8.84. The molecule has 0 amide bonds. The summed E-state index contributed by atoms with van der Waals surface area (Å²) in [6.45, 7) is 19.8. The monoisotopic (exact) mass is 279 g/mol. The standard InChI is InChI=1S/C13H21N3.2C2H6/c1-5-8-9-12(7-3)16-10-11(6-2)13(14)15-4;2*1-2/h6-9,16H,2,4-5,10,14H2,1,3H3;2*1-2H3/b9-8-,12-7+,13-11+;;. The average Bonchev–Trinajstić information content (AvgIpc) is 2.54. The van der Waals surface area contributed by atoms with E-state index < -0.39 is 0 Å². The summed E-state index contributed by atoms with van der Waals surface area (Å²) in [5.41, 5.74) is 7.56. The molecule has 3 nitrogen and oxygen atoms in total. The zero-order chi connectivity index (χ0) is 16.4. The van der Waals surface area contributed by atoms with Crippen LogP contribution in [0.25, 0.3) is 0 Å². The zero-order valence-electron chi connectivity index (χ0n) is 14.2. The molecule has 0 unspecified atom stereocenters. The molecule has 0 fully saturated rings. The van der Waals surface area contributed by atoms with Crippen LogP contribution in [0.2, 0.25) is 0 Å². The first-order chi connectivity index (χ1) is 9.69. The second-order valence-electron chi connectivity index (χ2n) is 3.18. The fraction of sp³-hybridized carbons (Fsp3) is 0.471. The Morgan fingerprint density at radius 1 is 1.25 bits per heavy atom. The van der Waals surface area contributed by atoms with Crippen molar-refractivity contribution in [2.75, 3.05) is 6.54 Å². The lowest BCUT2D eigenvalue weighted by atomic mass is 10.2. The SMILES string of the molecule is C=C/C(CNC(/C=C\CC)=C/C)=C(/N)N=C.CC.CC. The third-order valence-electron chi connectivity index (χ3n) is 2.07. The van der Waals surface area contributed by atoms with Gasteiger partial charge in [0.2, 0.25) is 0 Å². The third kappa shape index (κ3) is 12.7. The molecule has 0 bridgehead atoms. The Kier molecular flexibility index (Phi) is 22.8. The van der Waals surface area contributed by atoms with Crippen LogP contribution in [0.5, 0.6) is 0 Å². The van der Waals surface area contributed by atoms with E-state index in [1.807, 2.05) is 46.8 Å². The zero-order valence-corrected chi connectivity index (χ0v) is 14.2. The topological polar surface area (TPSA) is 50.4 Å². The van der Waals surface area contributed by atoms with Crippen molar-refractivity contribution < 1.29 is 0 Å². The molecule has 3 heteroatoms. The first-order valence-corrected chi connectivity index (χ1v) is 7.34. The lowest BCUT2D eigenvalue weighted by molar-refractivity contribution is 0.892. The second kappa shape index (κ2) is 19.6. The van der Waals surface area contributed by atoms with E-state index in [1.165, 1.54) is 0 Å². The van der Waals surface area contributed by atoms with Crippen molar-refractivity contribution in [2.24, 2.45) is 10.7 Å². The van der Waals surface area contributed by atoms with E-state index in [4.69, 9.17) is 5.73 Å². The van der Waals surface area contributed by atoms with Gasteiger partial charge in [-0.2, -0.15) is 0 Å². The Labute approximate surface area is 126 Å².